The van der Waals surface area contributed by atoms with Crippen molar-refractivity contribution in [2.24, 2.45) is 5.73 Å². The van der Waals surface area contributed by atoms with Gasteiger partial charge in [0.1, 0.15) is 17.7 Å². The fourth-order valence-electron chi connectivity index (χ4n) is 3.63. The molecule has 2 aromatic rings. The number of anilines is 2. The van der Waals surface area contributed by atoms with Gasteiger partial charge in [0.05, 0.1) is 18.5 Å². The number of aryl methyl sites for hydroxylation is 1. The molecule has 0 spiro atoms. The van der Waals surface area contributed by atoms with Crippen LogP contribution < -0.4 is 21.7 Å². The van der Waals surface area contributed by atoms with Crippen LogP contribution in [0.4, 0.5) is 15.9 Å². The van der Waals surface area contributed by atoms with Crippen molar-refractivity contribution in [1.82, 2.24) is 10.3 Å². The van der Waals surface area contributed by atoms with Gasteiger partial charge in [-0.15, -0.1) is 0 Å². The quantitative estimate of drug-likeness (QED) is 0.722. The highest BCUT2D eigenvalue weighted by Gasteiger charge is 2.27. The standard InChI is InChI=1S/C19H24FN5O/c20-14-3-4-15(21)13(9-14)11-26-16-5-1-12-2-6-18(24-19(12)16)25-8-7-23-10-17(25)22/h2-4,6,9,16-17,23H,1,5,7-8,10-11,21-22H2/t16-,17-/m0/s1. The Labute approximate surface area is 152 Å². The lowest BCUT2D eigenvalue weighted by Crippen LogP contribution is -2.56. The van der Waals surface area contributed by atoms with E-state index in [-0.39, 0.29) is 24.7 Å². The number of halogens is 1. The number of nitrogens with two attached hydrogens (primary N) is 2. The largest absolute Gasteiger partial charge is 0.398 e. The average molecular weight is 357 g/mol. The van der Waals surface area contributed by atoms with Gasteiger partial charge in [0.2, 0.25) is 0 Å². The van der Waals surface area contributed by atoms with E-state index in [1.807, 2.05) is 6.07 Å². The van der Waals surface area contributed by atoms with E-state index in [9.17, 15) is 4.39 Å². The molecule has 6 nitrogen and oxygen atoms in total. The Hall–Kier alpha value is -2.22. The molecule has 4 rings (SSSR count). The highest BCUT2D eigenvalue weighted by molar-refractivity contribution is 5.47. The zero-order chi connectivity index (χ0) is 18.1. The number of aromatic nitrogens is 1. The first-order valence-electron chi connectivity index (χ1n) is 9.00. The lowest BCUT2D eigenvalue weighted by molar-refractivity contribution is 0.0388. The number of nitrogens with one attached hydrogen (secondary N) is 1. The topological polar surface area (TPSA) is 89.4 Å². The Morgan fingerprint density at radius 2 is 2.19 bits per heavy atom. The van der Waals surface area contributed by atoms with Crippen molar-refractivity contribution in [2.75, 3.05) is 30.3 Å². The van der Waals surface area contributed by atoms with E-state index in [0.717, 1.165) is 44.0 Å². The molecule has 2 heterocycles. The number of fused-ring (bicyclic) bond motifs is 1. The molecule has 1 fully saturated rings. The Kier molecular flexibility index (Phi) is 4.76. The monoisotopic (exact) mass is 357 g/mol. The molecule has 138 valence electrons. The number of rotatable bonds is 4. The van der Waals surface area contributed by atoms with Crippen molar-refractivity contribution in [3.05, 3.63) is 53.0 Å². The number of hydrogen-bond acceptors (Lipinski definition) is 6. The molecule has 1 aromatic heterocycles. The minimum absolute atomic E-state index is 0.0813. The van der Waals surface area contributed by atoms with Gasteiger partial charge in [-0.25, -0.2) is 9.37 Å². The summed E-state index contributed by atoms with van der Waals surface area (Å²) < 4.78 is 19.5. The van der Waals surface area contributed by atoms with Gasteiger partial charge in [0.15, 0.2) is 0 Å². The summed E-state index contributed by atoms with van der Waals surface area (Å²) in [6, 6.07) is 8.51. The van der Waals surface area contributed by atoms with Crippen molar-refractivity contribution in [2.45, 2.75) is 31.7 Å². The molecule has 1 saturated heterocycles. The van der Waals surface area contributed by atoms with Crippen LogP contribution in [0.2, 0.25) is 0 Å². The van der Waals surface area contributed by atoms with Crippen LogP contribution >= 0.6 is 0 Å². The minimum atomic E-state index is -0.308. The second kappa shape index (κ2) is 7.19. The van der Waals surface area contributed by atoms with E-state index in [1.165, 1.54) is 17.7 Å². The van der Waals surface area contributed by atoms with Crippen molar-refractivity contribution >= 4 is 11.5 Å². The minimum Gasteiger partial charge on any atom is -0.398 e. The number of pyridine rings is 1. The lowest BCUT2D eigenvalue weighted by Gasteiger charge is -2.34. The number of nitrogen functional groups attached to an aromatic ring is 1. The zero-order valence-corrected chi connectivity index (χ0v) is 14.6. The molecule has 1 aliphatic carbocycles. The fourth-order valence-corrected chi connectivity index (χ4v) is 3.63. The van der Waals surface area contributed by atoms with Gasteiger partial charge in [-0.2, -0.15) is 0 Å². The third-order valence-corrected chi connectivity index (χ3v) is 5.10. The van der Waals surface area contributed by atoms with Gasteiger partial charge in [0.25, 0.3) is 0 Å². The van der Waals surface area contributed by atoms with E-state index in [4.69, 9.17) is 21.2 Å². The van der Waals surface area contributed by atoms with E-state index in [0.29, 0.717) is 11.3 Å². The van der Waals surface area contributed by atoms with Crippen molar-refractivity contribution in [3.8, 4) is 0 Å². The summed E-state index contributed by atoms with van der Waals surface area (Å²) in [4.78, 5) is 6.97. The molecule has 1 aliphatic heterocycles. The van der Waals surface area contributed by atoms with Crippen molar-refractivity contribution in [3.63, 3.8) is 0 Å². The number of hydrogen-bond donors (Lipinski definition) is 3. The number of benzene rings is 1. The van der Waals surface area contributed by atoms with Crippen LogP contribution in [0.15, 0.2) is 30.3 Å². The fraction of sp³-hybridized carbons (Fsp3) is 0.421. The highest BCUT2D eigenvalue weighted by atomic mass is 19.1. The molecule has 5 N–H and O–H groups in total. The molecule has 0 saturated carbocycles. The first-order chi connectivity index (χ1) is 12.6. The molecule has 1 aromatic carbocycles. The number of nitrogens with zero attached hydrogens (tertiary/aromatic N) is 2. The number of piperazine rings is 1. The molecule has 0 amide bonds. The van der Waals surface area contributed by atoms with Gasteiger partial charge in [-0.1, -0.05) is 6.07 Å². The van der Waals surface area contributed by atoms with Crippen molar-refractivity contribution in [1.29, 1.82) is 0 Å². The predicted octanol–water partition coefficient (Wildman–Crippen LogP) is 1.70. The van der Waals surface area contributed by atoms with Crippen LogP contribution in [0.5, 0.6) is 0 Å². The van der Waals surface area contributed by atoms with E-state index < -0.39 is 0 Å². The first kappa shape index (κ1) is 17.2. The van der Waals surface area contributed by atoms with Crippen LogP contribution in [0, 0.1) is 5.82 Å². The average Bonchev–Trinajstić information content (AvgIpc) is 3.05. The van der Waals surface area contributed by atoms with E-state index in [2.05, 4.69) is 16.3 Å². The summed E-state index contributed by atoms with van der Waals surface area (Å²) in [5.74, 6) is 0.580. The second-order valence-corrected chi connectivity index (χ2v) is 6.86. The lowest BCUT2D eigenvalue weighted by atomic mass is 10.2. The maximum absolute atomic E-state index is 13.4. The van der Waals surface area contributed by atoms with Crippen LogP contribution in [0.3, 0.4) is 0 Å². The maximum atomic E-state index is 13.4. The van der Waals surface area contributed by atoms with Crippen LogP contribution in [0.1, 0.15) is 29.3 Å². The second-order valence-electron chi connectivity index (χ2n) is 6.86. The Morgan fingerprint density at radius 1 is 1.31 bits per heavy atom. The van der Waals surface area contributed by atoms with Crippen LogP contribution in [-0.4, -0.2) is 30.8 Å². The van der Waals surface area contributed by atoms with Crippen LogP contribution in [-0.2, 0) is 17.8 Å². The predicted molar refractivity (Wildman–Crippen MR) is 99.1 cm³/mol. The zero-order valence-electron chi connectivity index (χ0n) is 14.6. The molecule has 0 bridgehead atoms. The molecular weight excluding hydrogens is 333 g/mol. The SMILES string of the molecule is Nc1ccc(F)cc1CO[C@H]1CCc2ccc(N3CCNC[C@H]3N)nc21. The third kappa shape index (κ3) is 3.38. The summed E-state index contributed by atoms with van der Waals surface area (Å²) in [5, 5.41) is 3.28. The van der Waals surface area contributed by atoms with Crippen molar-refractivity contribution < 1.29 is 9.13 Å². The number of ether oxygens (including phenoxy) is 1. The Morgan fingerprint density at radius 3 is 3.04 bits per heavy atom. The molecule has 0 radical (unpaired) electrons. The van der Waals surface area contributed by atoms with Crippen LogP contribution in [0.25, 0.3) is 0 Å². The van der Waals surface area contributed by atoms with Gasteiger partial charge in [-0.05, 0) is 42.7 Å². The third-order valence-electron chi connectivity index (χ3n) is 5.10. The maximum Gasteiger partial charge on any atom is 0.130 e. The normalized spacial score (nSPS) is 22.5. The summed E-state index contributed by atoms with van der Waals surface area (Å²) in [5.41, 5.74) is 15.5. The van der Waals surface area contributed by atoms with E-state index in [1.54, 1.807) is 6.07 Å². The first-order valence-corrected chi connectivity index (χ1v) is 9.00. The van der Waals surface area contributed by atoms with Gasteiger partial charge < -0.3 is 26.4 Å². The molecule has 0 unspecified atom stereocenters. The smallest absolute Gasteiger partial charge is 0.130 e. The van der Waals surface area contributed by atoms with Gasteiger partial charge in [0, 0.05) is 30.9 Å². The molecule has 2 atom stereocenters. The molecule has 26 heavy (non-hydrogen) atoms. The summed E-state index contributed by atoms with van der Waals surface area (Å²) >= 11 is 0. The van der Waals surface area contributed by atoms with Gasteiger partial charge in [-0.3, -0.25) is 0 Å². The Bertz CT molecular complexity index is 799. The highest BCUT2D eigenvalue weighted by Crippen LogP contribution is 2.35. The van der Waals surface area contributed by atoms with Gasteiger partial charge >= 0.3 is 0 Å². The molecule has 2 aliphatic rings. The Balaban J connectivity index is 1.51. The van der Waals surface area contributed by atoms with E-state index >= 15 is 0 Å². The molecular formula is C19H24FN5O. The molecule has 7 heteroatoms. The summed E-state index contributed by atoms with van der Waals surface area (Å²) in [7, 11) is 0. The summed E-state index contributed by atoms with van der Waals surface area (Å²) in [6.07, 6.45) is 1.61. The summed E-state index contributed by atoms with van der Waals surface area (Å²) in [6.45, 7) is 2.74.